The van der Waals surface area contributed by atoms with Gasteiger partial charge in [-0.05, 0) is 0 Å². The van der Waals surface area contributed by atoms with Crippen LogP contribution in [0.1, 0.15) is 5.56 Å². The maximum absolute atomic E-state index is 12.0. The number of hydrogen-bond donors (Lipinski definition) is 1. The average Bonchev–Trinajstić information content (AvgIpc) is 2.14. The van der Waals surface area contributed by atoms with E-state index in [4.69, 9.17) is 0 Å². The molecule has 4 nitrogen and oxygen atoms in total. The number of ether oxygens (including phenoxy) is 2. The maximum atomic E-state index is 12.0. The highest BCUT2D eigenvalue weighted by Gasteiger charge is 2.33. The predicted octanol–water partition coefficient (Wildman–Crippen LogP) is 2.18. The highest BCUT2D eigenvalue weighted by Crippen LogP contribution is 2.25. The Morgan fingerprint density at radius 3 is 2.56 bits per heavy atom. The van der Waals surface area contributed by atoms with Crippen LogP contribution in [-0.2, 0) is 5.33 Å². The molecule has 0 spiro atoms. The SMILES string of the molecule is COc1cc(=O)c(CBr)c(OC(F)(F)F)[nH]1. The van der Waals surface area contributed by atoms with Crippen LogP contribution < -0.4 is 14.9 Å². The van der Waals surface area contributed by atoms with Crippen LogP contribution in [0.4, 0.5) is 13.2 Å². The number of hydrogen-bond acceptors (Lipinski definition) is 3. The van der Waals surface area contributed by atoms with Crippen LogP contribution in [0.25, 0.3) is 0 Å². The van der Waals surface area contributed by atoms with E-state index in [2.05, 4.69) is 30.4 Å². The molecule has 1 rings (SSSR count). The lowest BCUT2D eigenvalue weighted by Crippen LogP contribution is -2.21. The van der Waals surface area contributed by atoms with Crippen LogP contribution in [0.2, 0.25) is 0 Å². The Balaban J connectivity index is 3.23. The van der Waals surface area contributed by atoms with Crippen molar-refractivity contribution in [1.82, 2.24) is 4.98 Å². The summed E-state index contributed by atoms with van der Waals surface area (Å²) >= 11 is 2.91. The Hall–Kier alpha value is -1.18. The molecule has 0 amide bonds. The van der Waals surface area contributed by atoms with E-state index < -0.39 is 17.7 Å². The molecule has 0 bridgehead atoms. The topological polar surface area (TPSA) is 51.3 Å². The van der Waals surface area contributed by atoms with Crippen molar-refractivity contribution in [3.63, 3.8) is 0 Å². The molecule has 1 heterocycles. The second kappa shape index (κ2) is 4.77. The highest BCUT2D eigenvalue weighted by atomic mass is 79.9. The van der Waals surface area contributed by atoms with Crippen molar-refractivity contribution in [1.29, 1.82) is 0 Å². The lowest BCUT2D eigenvalue weighted by Gasteiger charge is -2.12. The van der Waals surface area contributed by atoms with Crippen molar-refractivity contribution >= 4 is 15.9 Å². The summed E-state index contributed by atoms with van der Waals surface area (Å²) in [4.78, 5) is 13.6. The molecule has 0 aliphatic rings. The zero-order valence-electron chi connectivity index (χ0n) is 8.02. The molecular weight excluding hydrogens is 295 g/mol. The molecule has 0 saturated heterocycles. The van der Waals surface area contributed by atoms with Crippen LogP contribution >= 0.6 is 15.9 Å². The molecule has 1 aromatic heterocycles. The van der Waals surface area contributed by atoms with Crippen molar-refractivity contribution in [2.75, 3.05) is 7.11 Å². The quantitative estimate of drug-likeness (QED) is 0.871. The van der Waals surface area contributed by atoms with Crippen LogP contribution in [0, 0.1) is 0 Å². The van der Waals surface area contributed by atoms with Crippen LogP contribution in [0.3, 0.4) is 0 Å². The molecule has 1 aromatic rings. The predicted molar refractivity (Wildman–Crippen MR) is 52.9 cm³/mol. The maximum Gasteiger partial charge on any atom is 0.574 e. The normalized spacial score (nSPS) is 11.3. The van der Waals surface area contributed by atoms with E-state index in [0.717, 1.165) is 6.07 Å². The zero-order valence-corrected chi connectivity index (χ0v) is 9.61. The molecule has 0 fully saturated rings. The van der Waals surface area contributed by atoms with Crippen LogP contribution in [0.15, 0.2) is 10.9 Å². The first kappa shape index (κ1) is 12.9. The smallest absolute Gasteiger partial charge is 0.482 e. The summed E-state index contributed by atoms with van der Waals surface area (Å²) in [5.41, 5.74) is -0.759. The molecule has 0 saturated carbocycles. The van der Waals surface area contributed by atoms with E-state index in [9.17, 15) is 18.0 Å². The first-order valence-corrected chi connectivity index (χ1v) is 5.11. The fourth-order valence-corrected chi connectivity index (χ4v) is 1.51. The third kappa shape index (κ3) is 3.16. The van der Waals surface area contributed by atoms with E-state index >= 15 is 0 Å². The van der Waals surface area contributed by atoms with Gasteiger partial charge in [0.1, 0.15) is 0 Å². The molecule has 16 heavy (non-hydrogen) atoms. The van der Waals surface area contributed by atoms with Gasteiger partial charge in [-0.1, -0.05) is 15.9 Å². The molecule has 0 unspecified atom stereocenters. The second-order valence-corrected chi connectivity index (χ2v) is 3.25. The van der Waals surface area contributed by atoms with Gasteiger partial charge in [-0.3, -0.25) is 9.78 Å². The fourth-order valence-electron chi connectivity index (χ4n) is 0.981. The van der Waals surface area contributed by atoms with Gasteiger partial charge in [0, 0.05) is 11.4 Å². The lowest BCUT2D eigenvalue weighted by atomic mass is 10.3. The van der Waals surface area contributed by atoms with Crippen LogP contribution in [-0.4, -0.2) is 18.5 Å². The number of aromatic amines is 1. The molecule has 0 atom stereocenters. The van der Waals surface area contributed by atoms with Crippen molar-refractivity contribution < 1.29 is 22.6 Å². The van der Waals surface area contributed by atoms with Crippen molar-refractivity contribution in [3.05, 3.63) is 21.9 Å². The van der Waals surface area contributed by atoms with Gasteiger partial charge < -0.3 is 9.47 Å². The highest BCUT2D eigenvalue weighted by molar-refractivity contribution is 9.08. The fraction of sp³-hybridized carbons (Fsp3) is 0.375. The Morgan fingerprint density at radius 2 is 2.12 bits per heavy atom. The van der Waals surface area contributed by atoms with Gasteiger partial charge >= 0.3 is 6.36 Å². The first-order valence-electron chi connectivity index (χ1n) is 3.99. The number of halogens is 4. The van der Waals surface area contributed by atoms with Gasteiger partial charge in [0.25, 0.3) is 0 Å². The largest absolute Gasteiger partial charge is 0.574 e. The third-order valence-electron chi connectivity index (χ3n) is 1.64. The molecule has 0 aliphatic heterocycles. The molecule has 0 aliphatic carbocycles. The van der Waals surface area contributed by atoms with E-state index in [1.807, 2.05) is 0 Å². The number of H-pyrrole nitrogens is 1. The van der Waals surface area contributed by atoms with Gasteiger partial charge in [-0.15, -0.1) is 13.2 Å². The summed E-state index contributed by atoms with van der Waals surface area (Å²) in [7, 11) is 1.22. The standard InChI is InChI=1S/C8H7BrF3NO3/c1-15-6-2-5(14)4(3-9)7(13-6)16-8(10,11)12/h2H,3H2,1H3,(H,13,14). The summed E-state index contributed by atoms with van der Waals surface area (Å²) in [6, 6.07) is 1.04. The minimum atomic E-state index is -4.87. The van der Waals surface area contributed by atoms with Gasteiger partial charge in [0.05, 0.1) is 12.7 Å². The van der Waals surface area contributed by atoms with E-state index in [1.54, 1.807) is 0 Å². The lowest BCUT2D eigenvalue weighted by molar-refractivity contribution is -0.276. The number of rotatable bonds is 3. The monoisotopic (exact) mass is 301 g/mol. The summed E-state index contributed by atoms with van der Waals surface area (Å²) in [5, 5.41) is -0.0578. The summed E-state index contributed by atoms with van der Waals surface area (Å²) in [6.45, 7) is 0. The Morgan fingerprint density at radius 1 is 1.50 bits per heavy atom. The van der Waals surface area contributed by atoms with Gasteiger partial charge in [-0.2, -0.15) is 0 Å². The minimum Gasteiger partial charge on any atom is -0.482 e. The zero-order chi connectivity index (χ0) is 12.3. The molecule has 0 radical (unpaired) electrons. The van der Waals surface area contributed by atoms with E-state index in [1.165, 1.54) is 7.11 Å². The first-order chi connectivity index (χ1) is 7.37. The molecular formula is C8H7BrF3NO3. The average molecular weight is 302 g/mol. The number of alkyl halides is 4. The summed E-state index contributed by atoms with van der Waals surface area (Å²) < 4.78 is 44.4. The number of aromatic nitrogens is 1. The Bertz CT molecular complexity index is 430. The molecule has 1 N–H and O–H groups in total. The van der Waals surface area contributed by atoms with Crippen molar-refractivity contribution in [3.8, 4) is 11.8 Å². The number of methoxy groups -OCH3 is 1. The van der Waals surface area contributed by atoms with Gasteiger partial charge in [-0.25, -0.2) is 0 Å². The number of nitrogens with one attached hydrogen (secondary N) is 1. The minimum absolute atomic E-state index is 0.0578. The van der Waals surface area contributed by atoms with E-state index in [0.29, 0.717) is 0 Å². The van der Waals surface area contributed by atoms with E-state index in [-0.39, 0.29) is 16.8 Å². The Labute approximate surface area is 96.5 Å². The summed E-state index contributed by atoms with van der Waals surface area (Å²) in [5.74, 6) is -0.775. The van der Waals surface area contributed by atoms with Crippen LogP contribution in [0.5, 0.6) is 11.8 Å². The van der Waals surface area contributed by atoms with Gasteiger partial charge in [0.2, 0.25) is 5.88 Å². The molecule has 0 aromatic carbocycles. The van der Waals surface area contributed by atoms with Crippen molar-refractivity contribution in [2.45, 2.75) is 11.7 Å². The molecule has 8 heteroatoms. The summed E-state index contributed by atoms with van der Waals surface area (Å²) in [6.07, 6.45) is -4.87. The molecule has 90 valence electrons. The Kier molecular flexibility index (Phi) is 3.84. The van der Waals surface area contributed by atoms with Crippen molar-refractivity contribution in [2.24, 2.45) is 0 Å². The number of pyridine rings is 1. The second-order valence-electron chi connectivity index (χ2n) is 2.69. The third-order valence-corrected chi connectivity index (χ3v) is 2.20. The van der Waals surface area contributed by atoms with Gasteiger partial charge in [0.15, 0.2) is 11.3 Å².